The first-order valence-electron chi connectivity index (χ1n) is 13.7. The SMILES string of the molecule is CC(C)C1CCC(C(=O)c2ccc(NC(=O)c3cc(Cl)cc(Cl)c3)cc2)=c2ccc3c(c21)CC=c1ccccc1=3. The van der Waals surface area contributed by atoms with E-state index in [9.17, 15) is 9.59 Å². The molecule has 0 aliphatic heterocycles. The Kier molecular flexibility index (Phi) is 7.12. The fraction of sp³-hybridized carbons (Fsp3) is 0.200. The molecule has 5 heteroatoms. The molecule has 1 amide bonds. The van der Waals surface area contributed by atoms with Crippen molar-refractivity contribution in [1.29, 1.82) is 0 Å². The van der Waals surface area contributed by atoms with Crippen LogP contribution in [-0.2, 0) is 6.42 Å². The van der Waals surface area contributed by atoms with Gasteiger partial charge >= 0.3 is 0 Å². The molecule has 4 aromatic carbocycles. The number of hydrogen-bond acceptors (Lipinski definition) is 2. The Morgan fingerprint density at radius 1 is 0.825 bits per heavy atom. The molecule has 6 rings (SSSR count). The number of rotatable bonds is 5. The van der Waals surface area contributed by atoms with Crippen molar-refractivity contribution >= 4 is 52.2 Å². The quantitative estimate of drug-likeness (QED) is 0.255. The van der Waals surface area contributed by atoms with E-state index >= 15 is 0 Å². The van der Waals surface area contributed by atoms with E-state index in [0.717, 1.165) is 30.1 Å². The van der Waals surface area contributed by atoms with Gasteiger partial charge in [-0.25, -0.2) is 0 Å². The second kappa shape index (κ2) is 10.7. The number of Topliss-reactive ketones (excluding diaryl/α,β-unsaturated/α-hetero) is 1. The van der Waals surface area contributed by atoms with E-state index in [1.807, 2.05) is 0 Å². The van der Waals surface area contributed by atoms with Crippen LogP contribution in [-0.4, -0.2) is 11.7 Å². The number of halogens is 2. The van der Waals surface area contributed by atoms with Crippen molar-refractivity contribution in [3.8, 4) is 0 Å². The molecule has 0 radical (unpaired) electrons. The van der Waals surface area contributed by atoms with Crippen molar-refractivity contribution in [2.24, 2.45) is 5.92 Å². The van der Waals surface area contributed by atoms with Crippen LogP contribution >= 0.6 is 23.2 Å². The minimum Gasteiger partial charge on any atom is -0.322 e. The van der Waals surface area contributed by atoms with Gasteiger partial charge in [0.05, 0.1) is 0 Å². The molecule has 0 fully saturated rings. The van der Waals surface area contributed by atoms with E-state index in [2.05, 4.69) is 61.6 Å². The number of carbonyl (C=O) groups is 2. The lowest BCUT2D eigenvalue weighted by molar-refractivity contribution is 0.102. The van der Waals surface area contributed by atoms with Gasteiger partial charge in [0.1, 0.15) is 0 Å². The van der Waals surface area contributed by atoms with Gasteiger partial charge in [0.15, 0.2) is 5.78 Å². The van der Waals surface area contributed by atoms with Crippen LogP contribution in [0.4, 0.5) is 5.69 Å². The first-order valence-corrected chi connectivity index (χ1v) is 14.4. The predicted molar refractivity (Wildman–Crippen MR) is 163 cm³/mol. The van der Waals surface area contributed by atoms with Crippen LogP contribution in [0, 0.1) is 16.4 Å². The maximum Gasteiger partial charge on any atom is 0.255 e. The minimum absolute atomic E-state index is 0.0445. The van der Waals surface area contributed by atoms with Crippen LogP contribution in [0.1, 0.15) is 64.4 Å². The summed E-state index contributed by atoms with van der Waals surface area (Å²) in [7, 11) is 0. The lowest BCUT2D eigenvalue weighted by Gasteiger charge is -2.30. The Bertz CT molecular complexity index is 1870. The molecule has 0 spiro atoms. The van der Waals surface area contributed by atoms with Gasteiger partial charge in [-0.2, -0.15) is 0 Å². The first kappa shape index (κ1) is 26.6. The number of benzene rings is 4. The number of carbonyl (C=O) groups excluding carboxylic acids is 2. The second-order valence-electron chi connectivity index (χ2n) is 10.9. The van der Waals surface area contributed by atoms with E-state index in [4.69, 9.17) is 23.2 Å². The summed E-state index contributed by atoms with van der Waals surface area (Å²) in [5.41, 5.74) is 5.15. The highest BCUT2D eigenvalue weighted by atomic mass is 35.5. The monoisotopic (exact) mass is 565 g/mol. The average molecular weight is 567 g/mol. The van der Waals surface area contributed by atoms with Gasteiger partial charge in [-0.1, -0.05) is 79.5 Å². The van der Waals surface area contributed by atoms with Crippen LogP contribution in [0.2, 0.25) is 10.0 Å². The molecule has 1 atom stereocenters. The fourth-order valence-electron chi connectivity index (χ4n) is 6.20. The molecule has 40 heavy (non-hydrogen) atoms. The summed E-state index contributed by atoms with van der Waals surface area (Å²) < 4.78 is 0. The second-order valence-corrected chi connectivity index (χ2v) is 11.8. The van der Waals surface area contributed by atoms with Crippen LogP contribution in [0.15, 0.2) is 78.9 Å². The zero-order valence-corrected chi connectivity index (χ0v) is 23.9. The Balaban J connectivity index is 1.38. The number of ketones is 1. The third-order valence-corrected chi connectivity index (χ3v) is 8.58. The highest BCUT2D eigenvalue weighted by molar-refractivity contribution is 6.35. The van der Waals surface area contributed by atoms with Gasteiger partial charge in [-0.05, 0) is 106 Å². The van der Waals surface area contributed by atoms with Gasteiger partial charge in [-0.3, -0.25) is 9.59 Å². The summed E-state index contributed by atoms with van der Waals surface area (Å²) in [6.07, 6.45) is 4.91. The smallest absolute Gasteiger partial charge is 0.255 e. The van der Waals surface area contributed by atoms with E-state index in [0.29, 0.717) is 38.7 Å². The molecule has 0 saturated heterocycles. The highest BCUT2D eigenvalue weighted by Gasteiger charge is 2.29. The Morgan fingerprint density at radius 2 is 1.52 bits per heavy atom. The molecule has 2 aliphatic rings. The lowest BCUT2D eigenvalue weighted by Crippen LogP contribution is -2.30. The van der Waals surface area contributed by atoms with Crippen LogP contribution in [0.3, 0.4) is 0 Å². The molecule has 0 aromatic heterocycles. The average Bonchev–Trinajstić information content (AvgIpc) is 2.95. The van der Waals surface area contributed by atoms with Crippen LogP contribution in [0.5, 0.6) is 0 Å². The van der Waals surface area contributed by atoms with Gasteiger partial charge in [0.2, 0.25) is 0 Å². The molecule has 200 valence electrons. The van der Waals surface area contributed by atoms with Crippen LogP contribution in [0.25, 0.3) is 11.6 Å². The molecule has 3 nitrogen and oxygen atoms in total. The standard InChI is InChI=1S/C35H29Cl2NO2/c1-20(2)27-13-16-32(31-15-14-29-28-6-4-3-5-21(28)9-12-30(29)33(27)31)34(39)22-7-10-26(11-8-22)38-35(40)23-17-24(36)19-25(37)18-23/h3-11,14-15,17-20,27H,12-13,16H2,1-2H3,(H,38,40). The summed E-state index contributed by atoms with van der Waals surface area (Å²) >= 11 is 12.1. The Labute approximate surface area is 243 Å². The maximum absolute atomic E-state index is 13.9. The zero-order valence-electron chi connectivity index (χ0n) is 22.4. The predicted octanol–water partition coefficient (Wildman–Crippen LogP) is 7.44. The van der Waals surface area contributed by atoms with E-state index in [-0.39, 0.29) is 11.7 Å². The third kappa shape index (κ3) is 4.89. The van der Waals surface area contributed by atoms with Crippen molar-refractivity contribution < 1.29 is 9.59 Å². The van der Waals surface area contributed by atoms with Crippen molar-refractivity contribution in [3.63, 3.8) is 0 Å². The number of hydrogen-bond donors (Lipinski definition) is 1. The summed E-state index contributed by atoms with van der Waals surface area (Å²) in [6.45, 7) is 4.57. The largest absolute Gasteiger partial charge is 0.322 e. The summed E-state index contributed by atoms with van der Waals surface area (Å²) in [4.78, 5) is 26.6. The van der Waals surface area contributed by atoms with Crippen molar-refractivity contribution in [3.05, 3.63) is 132 Å². The van der Waals surface area contributed by atoms with Gasteiger partial charge in [0.25, 0.3) is 5.91 Å². The lowest BCUT2D eigenvalue weighted by atomic mass is 9.73. The van der Waals surface area contributed by atoms with Crippen molar-refractivity contribution in [2.45, 2.75) is 39.0 Å². The molecule has 0 bridgehead atoms. The Hall–Kier alpha value is -3.66. The van der Waals surface area contributed by atoms with Crippen molar-refractivity contribution in [2.75, 3.05) is 5.32 Å². The van der Waals surface area contributed by atoms with Gasteiger partial charge in [0, 0.05) is 32.4 Å². The topological polar surface area (TPSA) is 46.2 Å². The van der Waals surface area contributed by atoms with Gasteiger partial charge in [-0.15, -0.1) is 0 Å². The number of amides is 1. The van der Waals surface area contributed by atoms with E-state index in [1.54, 1.807) is 42.5 Å². The number of anilines is 1. The summed E-state index contributed by atoms with van der Waals surface area (Å²) in [6, 6.07) is 24.7. The van der Waals surface area contributed by atoms with E-state index < -0.39 is 0 Å². The fourth-order valence-corrected chi connectivity index (χ4v) is 6.73. The first-order chi connectivity index (χ1) is 19.3. The normalized spacial score (nSPS) is 15.5. The summed E-state index contributed by atoms with van der Waals surface area (Å²) in [5.74, 6) is 0.624. The molecular weight excluding hydrogens is 537 g/mol. The number of fused-ring (bicyclic) bond motifs is 4. The summed E-state index contributed by atoms with van der Waals surface area (Å²) in [5, 5.41) is 8.57. The highest BCUT2D eigenvalue weighted by Crippen LogP contribution is 2.36. The molecule has 0 heterocycles. The molecule has 1 N–H and O–H groups in total. The third-order valence-electron chi connectivity index (χ3n) is 8.14. The van der Waals surface area contributed by atoms with E-state index in [1.165, 1.54) is 26.8 Å². The Morgan fingerprint density at radius 3 is 2.25 bits per heavy atom. The van der Waals surface area contributed by atoms with Crippen molar-refractivity contribution in [1.82, 2.24) is 0 Å². The molecule has 2 aliphatic carbocycles. The maximum atomic E-state index is 13.9. The molecular formula is C35H29Cl2NO2. The molecule has 1 unspecified atom stereocenters. The molecule has 0 saturated carbocycles. The number of nitrogens with one attached hydrogen (secondary N) is 1. The van der Waals surface area contributed by atoms with Crippen LogP contribution < -0.4 is 15.8 Å². The zero-order chi connectivity index (χ0) is 28.0. The minimum atomic E-state index is -0.318. The molecule has 4 aromatic rings. The van der Waals surface area contributed by atoms with Gasteiger partial charge < -0.3 is 5.32 Å².